The monoisotopic (exact) mass is 424 g/mol. The van der Waals surface area contributed by atoms with Crippen molar-refractivity contribution in [3.63, 3.8) is 0 Å². The number of carboxylic acid groups (broad SMARTS) is 2. The lowest BCUT2D eigenvalue weighted by Gasteiger charge is -2.23. The van der Waals surface area contributed by atoms with E-state index in [-0.39, 0.29) is 6.15 Å². The van der Waals surface area contributed by atoms with Gasteiger partial charge in [-0.25, -0.2) is 4.79 Å². The zero-order chi connectivity index (χ0) is 22.3. The molecular weight excluding hydrogens is 376 g/mol. The number of methoxy groups -OCH3 is 2. The van der Waals surface area contributed by atoms with Crippen molar-refractivity contribution in [3.8, 4) is 0 Å². The van der Waals surface area contributed by atoms with Gasteiger partial charge in [-0.1, -0.05) is 71.1 Å². The highest BCUT2D eigenvalue weighted by Gasteiger charge is 2.04. The molecule has 29 heavy (non-hydrogen) atoms. The molecule has 0 saturated carbocycles. The van der Waals surface area contributed by atoms with Crippen LogP contribution in [0.15, 0.2) is 0 Å². The molecule has 0 saturated heterocycles. The third-order valence-electron chi connectivity index (χ3n) is 4.02. The Labute approximate surface area is 178 Å². The number of nitrogens with zero attached hydrogens (tertiary/aromatic N) is 1. The van der Waals surface area contributed by atoms with Gasteiger partial charge >= 0.3 is 6.16 Å². The van der Waals surface area contributed by atoms with Crippen LogP contribution in [0.2, 0.25) is 0 Å². The van der Waals surface area contributed by atoms with Gasteiger partial charge in [0.15, 0.2) is 0 Å². The summed E-state index contributed by atoms with van der Waals surface area (Å²) in [4.78, 5) is 18.2. The van der Waals surface area contributed by atoms with Gasteiger partial charge in [-0.2, -0.15) is 0 Å². The Morgan fingerprint density at radius 3 is 1.24 bits per heavy atom. The van der Waals surface area contributed by atoms with E-state index in [0.29, 0.717) is 0 Å². The Balaban J connectivity index is -0.000000235. The Hall–Kier alpha value is -1.54. The van der Waals surface area contributed by atoms with E-state index < -0.39 is 12.3 Å². The highest BCUT2D eigenvalue weighted by atomic mass is 16.7. The lowest BCUT2D eigenvalue weighted by Crippen LogP contribution is -2.35. The lowest BCUT2D eigenvalue weighted by atomic mass is 10.1. The minimum Gasteiger partial charge on any atom is -0.553 e. The van der Waals surface area contributed by atoms with Crippen LogP contribution < -0.4 is 11.3 Å². The molecule has 0 unspecified atom stereocenters. The molecule has 0 amide bonds. The van der Waals surface area contributed by atoms with Crippen LogP contribution in [-0.4, -0.2) is 63.8 Å². The van der Waals surface area contributed by atoms with E-state index >= 15 is 0 Å². The van der Waals surface area contributed by atoms with Crippen LogP contribution in [0.3, 0.4) is 0 Å². The number of hydrogen-bond acceptors (Lipinski definition) is 6. The minimum absolute atomic E-state index is 0. The highest BCUT2D eigenvalue weighted by molar-refractivity contribution is 5.56. The second kappa shape index (κ2) is 26.5. The molecule has 0 aromatic rings. The van der Waals surface area contributed by atoms with E-state index in [4.69, 9.17) is 19.8 Å². The quantitative estimate of drug-likeness (QED) is 0.245. The normalized spacial score (nSPS) is 9.72. The molecule has 0 aliphatic carbocycles. The van der Waals surface area contributed by atoms with Crippen molar-refractivity contribution in [1.29, 1.82) is 0 Å². The summed E-state index contributed by atoms with van der Waals surface area (Å²) in [6.45, 7) is 3.62. The van der Waals surface area contributed by atoms with E-state index in [9.17, 15) is 0 Å². The summed E-state index contributed by atoms with van der Waals surface area (Å²) in [7, 11) is 9.01. The molecule has 0 aliphatic heterocycles. The maximum atomic E-state index is 9.15. The van der Waals surface area contributed by atoms with Crippen LogP contribution in [0.25, 0.3) is 0 Å². The number of hydrogen-bond donors (Lipinski definition) is 2. The molecule has 0 spiro atoms. The Bertz CT molecular complexity index is 333. The summed E-state index contributed by atoms with van der Waals surface area (Å²) in [5.74, 6) is 0. The average Bonchev–Trinajstić information content (AvgIpc) is 2.62. The Morgan fingerprint density at radius 2 is 1.03 bits per heavy atom. The zero-order valence-corrected chi connectivity index (χ0v) is 19.8. The molecule has 0 aliphatic rings. The van der Waals surface area contributed by atoms with Crippen molar-refractivity contribution in [2.45, 2.75) is 84.0 Å². The summed E-state index contributed by atoms with van der Waals surface area (Å²) in [6, 6.07) is 0. The molecule has 8 nitrogen and oxygen atoms in total. The number of carbonyl (C=O) groups excluding carboxylic acids is 1. The van der Waals surface area contributed by atoms with Crippen molar-refractivity contribution >= 4 is 12.3 Å². The SMILES string of the molecule is CCCCCCCCCCCCCC[N+](C)(C)C.COC(=O)O.COC(=O)[O-].N. The molecule has 0 aromatic carbocycles. The molecule has 0 atom stereocenters. The van der Waals surface area contributed by atoms with Crippen LogP contribution in [-0.2, 0) is 9.47 Å². The van der Waals surface area contributed by atoms with Gasteiger partial charge in [0.25, 0.3) is 6.16 Å². The molecule has 4 N–H and O–H groups in total. The van der Waals surface area contributed by atoms with Crippen LogP contribution in [0.4, 0.5) is 9.59 Å². The van der Waals surface area contributed by atoms with Gasteiger partial charge in [0.05, 0.1) is 34.8 Å². The summed E-state index contributed by atoms with van der Waals surface area (Å²) in [6.07, 6.45) is 14.6. The molecule has 0 rings (SSSR count). The third-order valence-corrected chi connectivity index (χ3v) is 4.02. The predicted molar refractivity (Wildman–Crippen MR) is 116 cm³/mol. The molecule has 0 bridgehead atoms. The van der Waals surface area contributed by atoms with Crippen molar-refractivity contribution in [1.82, 2.24) is 6.15 Å². The Morgan fingerprint density at radius 1 is 0.759 bits per heavy atom. The molecular formula is C21H48N2O6. The van der Waals surface area contributed by atoms with Gasteiger partial charge in [0.2, 0.25) is 0 Å². The molecule has 8 heteroatoms. The first-order chi connectivity index (χ1) is 13.1. The third kappa shape index (κ3) is 51.9. The average molecular weight is 425 g/mol. The van der Waals surface area contributed by atoms with Crippen molar-refractivity contribution in [3.05, 3.63) is 0 Å². The van der Waals surface area contributed by atoms with E-state index in [2.05, 4.69) is 37.5 Å². The topological polar surface area (TPSA) is 131 Å². The first-order valence-corrected chi connectivity index (χ1v) is 10.4. The predicted octanol–water partition coefficient (Wildman–Crippen LogP) is 4.84. The molecule has 0 aromatic heterocycles. The first kappa shape index (κ1) is 34.9. The number of quaternary nitrogens is 1. The second-order valence-corrected chi connectivity index (χ2v) is 7.83. The van der Waals surface area contributed by atoms with Crippen molar-refractivity contribution < 1.29 is 33.8 Å². The van der Waals surface area contributed by atoms with Crippen LogP contribution in [0.1, 0.15) is 84.0 Å². The maximum absolute atomic E-state index is 9.15. The lowest BCUT2D eigenvalue weighted by molar-refractivity contribution is -0.870. The fraction of sp³-hybridized carbons (Fsp3) is 0.905. The molecule has 0 heterocycles. The molecule has 0 radical (unpaired) electrons. The van der Waals surface area contributed by atoms with Gasteiger partial charge in [-0.05, 0) is 12.8 Å². The zero-order valence-electron chi connectivity index (χ0n) is 19.8. The van der Waals surface area contributed by atoms with Gasteiger partial charge in [-0.3, -0.25) is 0 Å². The van der Waals surface area contributed by atoms with E-state index in [1.807, 2.05) is 0 Å². The van der Waals surface area contributed by atoms with Crippen LogP contribution >= 0.6 is 0 Å². The number of unbranched alkanes of at least 4 members (excludes halogenated alkanes) is 11. The summed E-state index contributed by atoms with van der Waals surface area (Å²) < 4.78 is 8.34. The fourth-order valence-electron chi connectivity index (χ4n) is 2.43. The fourth-order valence-corrected chi connectivity index (χ4v) is 2.43. The van der Waals surface area contributed by atoms with Gasteiger partial charge in [0.1, 0.15) is 0 Å². The van der Waals surface area contributed by atoms with Crippen molar-refractivity contribution in [2.24, 2.45) is 0 Å². The van der Waals surface area contributed by atoms with Gasteiger partial charge in [0, 0.05) is 7.11 Å². The van der Waals surface area contributed by atoms with Crippen LogP contribution in [0.5, 0.6) is 0 Å². The highest BCUT2D eigenvalue weighted by Crippen LogP contribution is 2.12. The second-order valence-electron chi connectivity index (χ2n) is 7.83. The van der Waals surface area contributed by atoms with E-state index in [1.165, 1.54) is 83.6 Å². The number of ether oxygens (including phenoxy) is 2. The van der Waals surface area contributed by atoms with Crippen molar-refractivity contribution in [2.75, 3.05) is 41.9 Å². The number of carbonyl (C=O) groups is 2. The van der Waals surface area contributed by atoms with Gasteiger partial charge in [-0.15, -0.1) is 0 Å². The van der Waals surface area contributed by atoms with E-state index in [0.717, 1.165) is 18.7 Å². The van der Waals surface area contributed by atoms with Gasteiger partial charge < -0.3 is 35.1 Å². The minimum atomic E-state index is -1.50. The summed E-state index contributed by atoms with van der Waals surface area (Å²) in [5.41, 5.74) is 0. The Kier molecular flexibility index (Phi) is 31.9. The largest absolute Gasteiger partial charge is 0.553 e. The maximum Gasteiger partial charge on any atom is 0.505 e. The van der Waals surface area contributed by atoms with E-state index in [1.54, 1.807) is 0 Å². The summed E-state index contributed by atoms with van der Waals surface area (Å²) >= 11 is 0. The number of rotatable bonds is 13. The molecule has 0 fully saturated rings. The van der Waals surface area contributed by atoms with Crippen LogP contribution in [0, 0.1) is 0 Å². The summed E-state index contributed by atoms with van der Waals surface area (Å²) in [5, 5.41) is 16.5. The first-order valence-electron chi connectivity index (χ1n) is 10.4. The molecule has 178 valence electrons. The standard InChI is InChI=1S/C17H38N.2C2H4O3.H3N/c1-5-6-7-8-9-10-11-12-13-14-15-16-17-18(2,3)4;2*1-5-2(3)4;/h5-17H2,1-4H3;2*1H3,(H,3,4);1H3/q+1;;;/p-1. The smallest absolute Gasteiger partial charge is 0.505 e.